The summed E-state index contributed by atoms with van der Waals surface area (Å²) in [6.07, 6.45) is 0. The number of carboxylic acids is 1. The van der Waals surface area contributed by atoms with Gasteiger partial charge in [-0.1, -0.05) is 11.6 Å². The Balaban J connectivity index is 2.28. The van der Waals surface area contributed by atoms with Gasteiger partial charge in [0.2, 0.25) is 0 Å². The maximum Gasteiger partial charge on any atom is 0.339 e. The number of nitrogens with one attached hydrogen (secondary N) is 1. The molecule has 0 aromatic carbocycles. The second-order valence-corrected chi connectivity index (χ2v) is 4.93. The third-order valence-electron chi connectivity index (χ3n) is 2.49. The Kier molecular flexibility index (Phi) is 3.84. The van der Waals surface area contributed by atoms with Gasteiger partial charge in [-0.05, 0) is 41.4 Å². The lowest BCUT2D eigenvalue weighted by molar-refractivity contribution is 0.0697. The molecule has 6 heteroatoms. The fourth-order valence-corrected chi connectivity index (χ4v) is 2.43. The topological polar surface area (TPSA) is 62.2 Å². The minimum atomic E-state index is -1.03. The van der Waals surface area contributed by atoms with Crippen LogP contribution < -0.4 is 5.32 Å². The summed E-state index contributed by atoms with van der Waals surface area (Å²) in [5, 5.41) is 16.4. The van der Waals surface area contributed by atoms with Crippen LogP contribution in [-0.4, -0.2) is 16.1 Å². The van der Waals surface area contributed by atoms with Crippen LogP contribution in [0.1, 0.15) is 28.9 Å². The predicted molar refractivity (Wildman–Crippen MR) is 72.6 cm³/mol. The van der Waals surface area contributed by atoms with E-state index >= 15 is 0 Å². The maximum absolute atomic E-state index is 11.1. The van der Waals surface area contributed by atoms with Crippen LogP contribution in [0.25, 0.3) is 0 Å². The number of thiophene rings is 1. The van der Waals surface area contributed by atoms with Crippen molar-refractivity contribution >= 4 is 34.7 Å². The quantitative estimate of drug-likeness (QED) is 0.840. The number of halogens is 1. The van der Waals surface area contributed by atoms with Crippen LogP contribution in [0, 0.1) is 0 Å². The van der Waals surface area contributed by atoms with Gasteiger partial charge in [-0.3, -0.25) is 0 Å². The van der Waals surface area contributed by atoms with E-state index in [9.17, 15) is 4.79 Å². The van der Waals surface area contributed by atoms with Gasteiger partial charge in [-0.15, -0.1) is 0 Å². The number of aromatic nitrogens is 1. The van der Waals surface area contributed by atoms with Gasteiger partial charge in [0.1, 0.15) is 16.5 Å². The molecule has 0 amide bonds. The van der Waals surface area contributed by atoms with E-state index in [-0.39, 0.29) is 22.6 Å². The van der Waals surface area contributed by atoms with Crippen LogP contribution in [0.3, 0.4) is 0 Å². The zero-order chi connectivity index (χ0) is 13.1. The van der Waals surface area contributed by atoms with Crippen LogP contribution in [-0.2, 0) is 0 Å². The molecule has 18 heavy (non-hydrogen) atoms. The second kappa shape index (κ2) is 5.37. The lowest BCUT2D eigenvalue weighted by atomic mass is 10.1. The lowest BCUT2D eigenvalue weighted by Crippen LogP contribution is -2.11. The van der Waals surface area contributed by atoms with E-state index < -0.39 is 5.97 Å². The minimum Gasteiger partial charge on any atom is -0.478 e. The monoisotopic (exact) mass is 282 g/mol. The molecule has 4 nitrogen and oxygen atoms in total. The summed E-state index contributed by atoms with van der Waals surface area (Å²) in [6.45, 7) is 1.94. The Morgan fingerprint density at radius 3 is 2.89 bits per heavy atom. The number of anilines is 1. The number of carboxylic acid groups (broad SMARTS) is 1. The van der Waals surface area contributed by atoms with E-state index in [1.54, 1.807) is 11.3 Å². The average Bonchev–Trinajstić information content (AvgIpc) is 2.81. The molecule has 0 fully saturated rings. The first-order chi connectivity index (χ1) is 8.58. The SMILES string of the molecule is CC(Nc1nc(Cl)ccc1C(=O)O)c1ccsc1. The minimum absolute atomic E-state index is 0.0275. The van der Waals surface area contributed by atoms with Crippen molar-refractivity contribution in [3.63, 3.8) is 0 Å². The highest BCUT2D eigenvalue weighted by atomic mass is 35.5. The Labute approximate surface area is 113 Å². The molecule has 2 heterocycles. The van der Waals surface area contributed by atoms with E-state index in [4.69, 9.17) is 16.7 Å². The first kappa shape index (κ1) is 12.9. The summed E-state index contributed by atoms with van der Waals surface area (Å²) in [4.78, 5) is 15.1. The Bertz CT molecular complexity index is 557. The summed E-state index contributed by atoms with van der Waals surface area (Å²) in [5.41, 5.74) is 1.19. The largest absolute Gasteiger partial charge is 0.478 e. The fourth-order valence-electron chi connectivity index (χ4n) is 1.53. The molecule has 2 rings (SSSR count). The zero-order valence-electron chi connectivity index (χ0n) is 9.55. The number of aromatic carboxylic acids is 1. The number of pyridine rings is 1. The van der Waals surface area contributed by atoms with Crippen LogP contribution in [0.5, 0.6) is 0 Å². The molecule has 0 aliphatic carbocycles. The zero-order valence-corrected chi connectivity index (χ0v) is 11.1. The van der Waals surface area contributed by atoms with Crippen molar-refractivity contribution in [2.75, 3.05) is 5.32 Å². The molecule has 0 radical (unpaired) electrons. The van der Waals surface area contributed by atoms with Crippen molar-refractivity contribution in [1.82, 2.24) is 4.98 Å². The highest BCUT2D eigenvalue weighted by molar-refractivity contribution is 7.08. The highest BCUT2D eigenvalue weighted by Gasteiger charge is 2.15. The van der Waals surface area contributed by atoms with Gasteiger partial charge in [-0.2, -0.15) is 11.3 Å². The van der Waals surface area contributed by atoms with Crippen LogP contribution in [0.15, 0.2) is 29.0 Å². The van der Waals surface area contributed by atoms with Crippen molar-refractivity contribution in [3.8, 4) is 0 Å². The molecule has 0 saturated carbocycles. The summed E-state index contributed by atoms with van der Waals surface area (Å²) in [6, 6.07) is 4.86. The molecule has 1 unspecified atom stereocenters. The lowest BCUT2D eigenvalue weighted by Gasteiger charge is -2.15. The smallest absolute Gasteiger partial charge is 0.339 e. The third kappa shape index (κ3) is 2.80. The normalized spacial score (nSPS) is 12.1. The van der Waals surface area contributed by atoms with Crippen molar-refractivity contribution in [3.05, 3.63) is 45.2 Å². The molecule has 2 aromatic rings. The van der Waals surface area contributed by atoms with Gasteiger partial charge in [0.25, 0.3) is 0 Å². The third-order valence-corrected chi connectivity index (χ3v) is 3.40. The van der Waals surface area contributed by atoms with Gasteiger partial charge >= 0.3 is 5.97 Å². The van der Waals surface area contributed by atoms with Crippen molar-refractivity contribution in [2.45, 2.75) is 13.0 Å². The van der Waals surface area contributed by atoms with Crippen LogP contribution in [0.4, 0.5) is 5.82 Å². The summed E-state index contributed by atoms with van der Waals surface area (Å²) >= 11 is 7.38. The van der Waals surface area contributed by atoms with E-state index in [1.807, 2.05) is 23.8 Å². The molecule has 0 saturated heterocycles. The second-order valence-electron chi connectivity index (χ2n) is 3.76. The van der Waals surface area contributed by atoms with Gasteiger partial charge in [0, 0.05) is 0 Å². The van der Waals surface area contributed by atoms with Gasteiger partial charge in [-0.25, -0.2) is 9.78 Å². The number of rotatable bonds is 4. The van der Waals surface area contributed by atoms with Gasteiger partial charge in [0.15, 0.2) is 0 Å². The molecule has 94 valence electrons. The molecule has 0 spiro atoms. The predicted octanol–water partition coefficient (Wildman–Crippen LogP) is 3.67. The van der Waals surface area contributed by atoms with E-state index in [2.05, 4.69) is 10.3 Å². The van der Waals surface area contributed by atoms with Crippen LogP contribution >= 0.6 is 22.9 Å². The van der Waals surface area contributed by atoms with Gasteiger partial charge in [0.05, 0.1) is 6.04 Å². The molecule has 0 bridgehead atoms. The maximum atomic E-state index is 11.1. The standard InChI is InChI=1S/C12H11ClN2O2S/c1-7(8-4-5-18-6-8)14-11-9(12(16)17)2-3-10(13)15-11/h2-7H,1H3,(H,14,15)(H,16,17). The number of hydrogen-bond acceptors (Lipinski definition) is 4. The van der Waals surface area contributed by atoms with E-state index in [0.29, 0.717) is 0 Å². The summed E-state index contributed by atoms with van der Waals surface area (Å²) in [7, 11) is 0. The highest BCUT2D eigenvalue weighted by Crippen LogP contribution is 2.23. The summed E-state index contributed by atoms with van der Waals surface area (Å²) < 4.78 is 0. The van der Waals surface area contributed by atoms with E-state index in [1.165, 1.54) is 12.1 Å². The average molecular weight is 283 g/mol. The van der Waals surface area contributed by atoms with Gasteiger partial charge < -0.3 is 10.4 Å². The Morgan fingerprint density at radius 2 is 2.28 bits per heavy atom. The molecular weight excluding hydrogens is 272 g/mol. The number of carbonyl (C=O) groups is 1. The molecule has 1 atom stereocenters. The molecule has 2 N–H and O–H groups in total. The van der Waals surface area contributed by atoms with E-state index in [0.717, 1.165) is 5.56 Å². The van der Waals surface area contributed by atoms with Crippen molar-refractivity contribution in [1.29, 1.82) is 0 Å². The van der Waals surface area contributed by atoms with Crippen molar-refractivity contribution < 1.29 is 9.90 Å². The molecular formula is C12H11ClN2O2S. The molecule has 0 aliphatic rings. The first-order valence-corrected chi connectivity index (χ1v) is 6.58. The first-order valence-electron chi connectivity index (χ1n) is 5.26. The van der Waals surface area contributed by atoms with Crippen molar-refractivity contribution in [2.24, 2.45) is 0 Å². The fraction of sp³-hybridized carbons (Fsp3) is 0.167. The molecule has 2 aromatic heterocycles. The summed E-state index contributed by atoms with van der Waals surface area (Å²) in [5.74, 6) is -0.743. The Morgan fingerprint density at radius 1 is 1.50 bits per heavy atom. The Hall–Kier alpha value is -1.59. The number of nitrogens with zero attached hydrogens (tertiary/aromatic N) is 1. The van der Waals surface area contributed by atoms with Crippen LogP contribution in [0.2, 0.25) is 5.15 Å². The number of hydrogen-bond donors (Lipinski definition) is 2. The molecule has 0 aliphatic heterocycles.